The SMILES string of the molecule is CCc1nc(Br)c2n1CCN(C)C2. The lowest BCUT2D eigenvalue weighted by atomic mass is 10.3. The summed E-state index contributed by atoms with van der Waals surface area (Å²) >= 11 is 3.51. The molecule has 0 saturated carbocycles. The maximum Gasteiger partial charge on any atom is 0.128 e. The first kappa shape index (κ1) is 9.21. The summed E-state index contributed by atoms with van der Waals surface area (Å²) in [7, 11) is 2.15. The van der Waals surface area contributed by atoms with Crippen molar-refractivity contribution in [1.82, 2.24) is 14.5 Å². The summed E-state index contributed by atoms with van der Waals surface area (Å²) < 4.78 is 3.36. The quantitative estimate of drug-likeness (QED) is 0.749. The Balaban J connectivity index is 2.42. The van der Waals surface area contributed by atoms with Gasteiger partial charge in [0, 0.05) is 26.1 Å². The van der Waals surface area contributed by atoms with E-state index >= 15 is 0 Å². The van der Waals surface area contributed by atoms with Crippen molar-refractivity contribution in [3.8, 4) is 0 Å². The van der Waals surface area contributed by atoms with Crippen LogP contribution in [0.4, 0.5) is 0 Å². The van der Waals surface area contributed by atoms with Gasteiger partial charge in [0.2, 0.25) is 0 Å². The van der Waals surface area contributed by atoms with Crippen LogP contribution in [0.15, 0.2) is 4.60 Å². The summed E-state index contributed by atoms with van der Waals surface area (Å²) in [6.07, 6.45) is 1.02. The van der Waals surface area contributed by atoms with Gasteiger partial charge in [0.05, 0.1) is 5.69 Å². The highest BCUT2D eigenvalue weighted by Crippen LogP contribution is 2.22. The molecule has 1 aliphatic heterocycles. The molecule has 3 nitrogen and oxygen atoms in total. The summed E-state index contributed by atoms with van der Waals surface area (Å²) in [6.45, 7) is 5.37. The smallest absolute Gasteiger partial charge is 0.128 e. The monoisotopic (exact) mass is 243 g/mol. The van der Waals surface area contributed by atoms with Gasteiger partial charge in [-0.2, -0.15) is 0 Å². The summed E-state index contributed by atoms with van der Waals surface area (Å²) in [5, 5.41) is 0. The fourth-order valence-electron chi connectivity index (χ4n) is 1.80. The molecule has 4 heteroatoms. The van der Waals surface area contributed by atoms with E-state index in [9.17, 15) is 0 Å². The predicted molar refractivity (Wildman–Crippen MR) is 55.6 cm³/mol. The molecule has 0 fully saturated rings. The number of aryl methyl sites for hydroxylation is 1. The predicted octanol–water partition coefficient (Wildman–Crippen LogP) is 1.65. The number of aromatic nitrogens is 2. The number of likely N-dealkylation sites (N-methyl/N-ethyl adjacent to an activating group) is 1. The molecular weight excluding hydrogens is 230 g/mol. The average Bonchev–Trinajstić information content (AvgIpc) is 2.43. The molecule has 0 N–H and O–H groups in total. The van der Waals surface area contributed by atoms with Gasteiger partial charge in [-0.1, -0.05) is 6.92 Å². The van der Waals surface area contributed by atoms with Crippen molar-refractivity contribution in [2.45, 2.75) is 26.4 Å². The van der Waals surface area contributed by atoms with E-state index in [1.807, 2.05) is 0 Å². The van der Waals surface area contributed by atoms with E-state index in [-0.39, 0.29) is 0 Å². The molecule has 0 spiro atoms. The molecule has 1 aliphatic rings. The molecule has 13 heavy (non-hydrogen) atoms. The zero-order valence-corrected chi connectivity index (χ0v) is 9.63. The Hall–Kier alpha value is -0.350. The van der Waals surface area contributed by atoms with Crippen LogP contribution >= 0.6 is 15.9 Å². The first-order valence-electron chi connectivity index (χ1n) is 4.64. The first-order chi connectivity index (χ1) is 6.22. The molecule has 0 saturated heterocycles. The van der Waals surface area contributed by atoms with E-state index in [0.29, 0.717) is 0 Å². The van der Waals surface area contributed by atoms with Gasteiger partial charge in [-0.3, -0.25) is 4.90 Å². The van der Waals surface area contributed by atoms with Gasteiger partial charge < -0.3 is 4.57 Å². The molecule has 72 valence electrons. The Labute approximate surface area is 86.9 Å². The van der Waals surface area contributed by atoms with Crippen molar-refractivity contribution in [1.29, 1.82) is 0 Å². The zero-order valence-electron chi connectivity index (χ0n) is 8.05. The van der Waals surface area contributed by atoms with Crippen LogP contribution in [-0.4, -0.2) is 28.0 Å². The number of hydrogen-bond acceptors (Lipinski definition) is 2. The van der Waals surface area contributed by atoms with E-state index < -0.39 is 0 Å². The lowest BCUT2D eigenvalue weighted by Crippen LogP contribution is -2.30. The second-order valence-corrected chi connectivity index (χ2v) is 4.26. The molecule has 1 aromatic rings. The molecule has 0 amide bonds. The second kappa shape index (κ2) is 3.42. The van der Waals surface area contributed by atoms with Crippen molar-refractivity contribution in [2.75, 3.05) is 13.6 Å². The van der Waals surface area contributed by atoms with Crippen LogP contribution in [-0.2, 0) is 19.5 Å². The summed E-state index contributed by atoms with van der Waals surface area (Å²) in [5.74, 6) is 1.20. The van der Waals surface area contributed by atoms with E-state index in [4.69, 9.17) is 0 Å². The number of fused-ring (bicyclic) bond motifs is 1. The van der Waals surface area contributed by atoms with Crippen LogP contribution in [0.1, 0.15) is 18.4 Å². The molecule has 0 bridgehead atoms. The van der Waals surface area contributed by atoms with Crippen LogP contribution < -0.4 is 0 Å². The van der Waals surface area contributed by atoms with Gasteiger partial charge >= 0.3 is 0 Å². The Morgan fingerprint density at radius 3 is 2.92 bits per heavy atom. The molecular formula is C9H14BrN3. The third kappa shape index (κ3) is 1.53. The maximum atomic E-state index is 4.50. The maximum absolute atomic E-state index is 4.50. The van der Waals surface area contributed by atoms with Crippen molar-refractivity contribution in [2.24, 2.45) is 0 Å². The first-order valence-corrected chi connectivity index (χ1v) is 5.44. The Morgan fingerprint density at radius 1 is 1.46 bits per heavy atom. The van der Waals surface area contributed by atoms with E-state index in [0.717, 1.165) is 30.7 Å². The molecule has 1 aromatic heterocycles. The minimum Gasteiger partial charge on any atom is -0.329 e. The van der Waals surface area contributed by atoms with Gasteiger partial charge in [-0.15, -0.1) is 0 Å². The number of hydrogen-bond donors (Lipinski definition) is 0. The van der Waals surface area contributed by atoms with E-state index in [2.05, 4.69) is 44.4 Å². The molecule has 2 rings (SSSR count). The molecule has 2 heterocycles. The van der Waals surface area contributed by atoms with Crippen LogP contribution in [0, 0.1) is 0 Å². The fraction of sp³-hybridized carbons (Fsp3) is 0.667. The molecule has 0 unspecified atom stereocenters. The van der Waals surface area contributed by atoms with Gasteiger partial charge in [-0.25, -0.2) is 4.98 Å². The summed E-state index contributed by atoms with van der Waals surface area (Å²) in [4.78, 5) is 6.82. The third-order valence-corrected chi connectivity index (χ3v) is 3.18. The Kier molecular flexibility index (Phi) is 2.43. The minimum absolute atomic E-state index is 1.01. The number of rotatable bonds is 1. The standard InChI is InChI=1S/C9H14BrN3/c1-3-8-11-9(10)7-6-12(2)4-5-13(7)8/h3-6H2,1-2H3. The molecule has 0 aromatic carbocycles. The Bertz CT molecular complexity index is 319. The summed E-state index contributed by atoms with van der Waals surface area (Å²) in [6, 6.07) is 0. The lowest BCUT2D eigenvalue weighted by Gasteiger charge is -2.25. The van der Waals surface area contributed by atoms with Crippen LogP contribution in [0.5, 0.6) is 0 Å². The number of imidazole rings is 1. The molecule has 0 atom stereocenters. The Morgan fingerprint density at radius 2 is 2.23 bits per heavy atom. The topological polar surface area (TPSA) is 21.1 Å². The van der Waals surface area contributed by atoms with Crippen molar-refractivity contribution < 1.29 is 0 Å². The van der Waals surface area contributed by atoms with Crippen LogP contribution in [0.25, 0.3) is 0 Å². The normalized spacial score (nSPS) is 17.5. The minimum atomic E-state index is 1.01. The third-order valence-electron chi connectivity index (χ3n) is 2.54. The highest BCUT2D eigenvalue weighted by molar-refractivity contribution is 9.10. The van der Waals surface area contributed by atoms with Gasteiger partial charge in [-0.05, 0) is 23.0 Å². The lowest BCUT2D eigenvalue weighted by molar-refractivity contribution is 0.266. The fourth-order valence-corrected chi connectivity index (χ4v) is 2.34. The largest absolute Gasteiger partial charge is 0.329 e. The van der Waals surface area contributed by atoms with Crippen molar-refractivity contribution in [3.05, 3.63) is 16.1 Å². The average molecular weight is 244 g/mol. The summed E-state index contributed by atoms with van der Waals surface area (Å²) in [5.41, 5.74) is 1.32. The van der Waals surface area contributed by atoms with Gasteiger partial charge in [0.1, 0.15) is 10.4 Å². The van der Waals surface area contributed by atoms with Gasteiger partial charge in [0.25, 0.3) is 0 Å². The van der Waals surface area contributed by atoms with Crippen molar-refractivity contribution in [3.63, 3.8) is 0 Å². The van der Waals surface area contributed by atoms with Crippen LogP contribution in [0.2, 0.25) is 0 Å². The molecule has 0 aliphatic carbocycles. The number of halogens is 1. The highest BCUT2D eigenvalue weighted by Gasteiger charge is 2.19. The van der Waals surface area contributed by atoms with Crippen LogP contribution in [0.3, 0.4) is 0 Å². The number of nitrogens with zero attached hydrogens (tertiary/aromatic N) is 3. The van der Waals surface area contributed by atoms with E-state index in [1.165, 1.54) is 11.5 Å². The highest BCUT2D eigenvalue weighted by atomic mass is 79.9. The molecule has 0 radical (unpaired) electrons. The second-order valence-electron chi connectivity index (χ2n) is 3.51. The van der Waals surface area contributed by atoms with Crippen molar-refractivity contribution >= 4 is 15.9 Å². The zero-order chi connectivity index (χ0) is 9.42. The van der Waals surface area contributed by atoms with Gasteiger partial charge in [0.15, 0.2) is 0 Å². The van der Waals surface area contributed by atoms with E-state index in [1.54, 1.807) is 0 Å².